The van der Waals surface area contributed by atoms with Crippen LogP contribution in [0.15, 0.2) is 60.8 Å². The van der Waals surface area contributed by atoms with E-state index in [0.717, 1.165) is 11.3 Å². The first-order chi connectivity index (χ1) is 14.1. The Labute approximate surface area is 183 Å². The molecule has 2 aromatic carbocycles. The molecule has 1 saturated heterocycles. The lowest BCUT2D eigenvalue weighted by Crippen LogP contribution is -2.30. The summed E-state index contributed by atoms with van der Waals surface area (Å²) in [5.74, 6) is 1.16. The van der Waals surface area contributed by atoms with Gasteiger partial charge in [0.25, 0.3) is 5.91 Å². The van der Waals surface area contributed by atoms with Crippen molar-refractivity contribution in [2.24, 2.45) is 11.7 Å². The summed E-state index contributed by atoms with van der Waals surface area (Å²) in [6, 6.07) is 17.9. The van der Waals surface area contributed by atoms with E-state index in [0.29, 0.717) is 31.1 Å². The van der Waals surface area contributed by atoms with Crippen molar-refractivity contribution in [1.82, 2.24) is 14.7 Å². The Morgan fingerprint density at radius 1 is 1.17 bits per heavy atom. The van der Waals surface area contributed by atoms with Crippen molar-refractivity contribution in [2.75, 3.05) is 26.7 Å². The van der Waals surface area contributed by atoms with Gasteiger partial charge < -0.3 is 15.4 Å². The van der Waals surface area contributed by atoms with Crippen molar-refractivity contribution in [3.05, 3.63) is 77.6 Å². The lowest BCUT2D eigenvalue weighted by Gasteiger charge is -2.16. The van der Waals surface area contributed by atoms with Crippen LogP contribution in [0.3, 0.4) is 0 Å². The van der Waals surface area contributed by atoms with Crippen LogP contribution in [0.25, 0.3) is 5.69 Å². The molecule has 0 bridgehead atoms. The molecule has 0 spiro atoms. The zero-order valence-corrected chi connectivity index (χ0v) is 18.0. The maximum atomic E-state index is 13.1. The van der Waals surface area contributed by atoms with Crippen molar-refractivity contribution in [3.63, 3.8) is 0 Å². The van der Waals surface area contributed by atoms with E-state index in [9.17, 15) is 4.79 Å². The van der Waals surface area contributed by atoms with Crippen LogP contribution in [-0.4, -0.2) is 47.3 Å². The molecule has 0 unspecified atom stereocenters. The van der Waals surface area contributed by atoms with Gasteiger partial charge in [-0.2, -0.15) is 5.10 Å². The summed E-state index contributed by atoms with van der Waals surface area (Å²) in [5, 5.41) is 4.54. The topological polar surface area (TPSA) is 73.4 Å². The number of benzene rings is 2. The van der Waals surface area contributed by atoms with Gasteiger partial charge in [0.05, 0.1) is 7.11 Å². The van der Waals surface area contributed by atoms with Crippen LogP contribution < -0.4 is 10.5 Å². The highest BCUT2D eigenvalue weighted by atomic mass is 35.5. The molecular formula is C23H27ClN4O2. The fourth-order valence-electron chi connectivity index (χ4n) is 4.07. The van der Waals surface area contributed by atoms with Crippen molar-refractivity contribution in [3.8, 4) is 11.4 Å². The number of nitrogens with zero attached hydrogens (tertiary/aromatic N) is 3. The van der Waals surface area contributed by atoms with Crippen molar-refractivity contribution < 1.29 is 9.53 Å². The standard InChI is InChI=1S/C23H26N4O2.ClH/c1-16-8-9-22(29-2)21(12-16)27-11-10-20(25-27)23(28)26-14-18(13-24)19(15-26)17-6-4-3-5-7-17;/h3-12,18-19H,13-15,24H2,1-2H3;1H/t18-,19+;/m1./s1. The normalized spacial score (nSPS) is 18.2. The largest absolute Gasteiger partial charge is 0.494 e. The third-order valence-electron chi connectivity index (χ3n) is 5.65. The van der Waals surface area contributed by atoms with Gasteiger partial charge in [0, 0.05) is 25.2 Å². The number of carbonyl (C=O) groups excluding carboxylic acids is 1. The fourth-order valence-corrected chi connectivity index (χ4v) is 4.07. The van der Waals surface area contributed by atoms with Crippen molar-refractivity contribution in [2.45, 2.75) is 12.8 Å². The number of carbonyl (C=O) groups is 1. The van der Waals surface area contributed by atoms with Gasteiger partial charge in [-0.3, -0.25) is 4.79 Å². The van der Waals surface area contributed by atoms with E-state index in [4.69, 9.17) is 10.5 Å². The molecule has 0 radical (unpaired) electrons. The summed E-state index contributed by atoms with van der Waals surface area (Å²) >= 11 is 0. The predicted molar refractivity (Wildman–Crippen MR) is 120 cm³/mol. The predicted octanol–water partition coefficient (Wildman–Crippen LogP) is 3.43. The number of rotatable bonds is 5. The van der Waals surface area contributed by atoms with Gasteiger partial charge in [-0.15, -0.1) is 12.4 Å². The minimum absolute atomic E-state index is 0. The Bertz CT molecular complexity index is 1010. The van der Waals surface area contributed by atoms with Crippen LogP contribution in [0.4, 0.5) is 0 Å². The number of hydrogen-bond acceptors (Lipinski definition) is 4. The van der Waals surface area contributed by atoms with Crippen molar-refractivity contribution in [1.29, 1.82) is 0 Å². The Hall–Kier alpha value is -2.83. The second-order valence-corrected chi connectivity index (χ2v) is 7.54. The Kier molecular flexibility index (Phi) is 6.80. The lowest BCUT2D eigenvalue weighted by atomic mass is 9.89. The summed E-state index contributed by atoms with van der Waals surface area (Å²) in [6.07, 6.45) is 1.80. The molecule has 1 aliphatic heterocycles. The van der Waals surface area contributed by atoms with Crippen LogP contribution in [0.2, 0.25) is 0 Å². The van der Waals surface area contributed by atoms with E-state index in [-0.39, 0.29) is 30.2 Å². The summed E-state index contributed by atoms with van der Waals surface area (Å²) in [7, 11) is 1.63. The average molecular weight is 427 g/mol. The molecule has 1 amide bonds. The van der Waals surface area contributed by atoms with E-state index in [1.54, 1.807) is 24.1 Å². The summed E-state index contributed by atoms with van der Waals surface area (Å²) in [5.41, 5.74) is 9.59. The number of aromatic nitrogens is 2. The summed E-state index contributed by atoms with van der Waals surface area (Å²) in [4.78, 5) is 15.0. The van der Waals surface area contributed by atoms with Gasteiger partial charge in [-0.25, -0.2) is 4.68 Å². The molecule has 2 N–H and O–H groups in total. The molecule has 1 fully saturated rings. The van der Waals surface area contributed by atoms with E-state index < -0.39 is 0 Å². The molecule has 0 saturated carbocycles. The summed E-state index contributed by atoms with van der Waals surface area (Å²) in [6.45, 7) is 3.87. The molecule has 158 valence electrons. The first kappa shape index (κ1) is 21.9. The second-order valence-electron chi connectivity index (χ2n) is 7.54. The number of hydrogen-bond donors (Lipinski definition) is 1. The van der Waals surface area contributed by atoms with Gasteiger partial charge in [0.2, 0.25) is 0 Å². The van der Waals surface area contributed by atoms with Gasteiger partial charge >= 0.3 is 0 Å². The minimum atomic E-state index is -0.0627. The molecule has 0 aliphatic carbocycles. The molecule has 1 aromatic heterocycles. The fraction of sp³-hybridized carbons (Fsp3) is 0.304. The highest BCUT2D eigenvalue weighted by Crippen LogP contribution is 2.33. The second kappa shape index (κ2) is 9.32. The lowest BCUT2D eigenvalue weighted by molar-refractivity contribution is 0.0780. The average Bonchev–Trinajstić information content (AvgIpc) is 3.41. The monoisotopic (exact) mass is 426 g/mol. The SMILES string of the molecule is COc1ccc(C)cc1-n1ccc(C(=O)N2C[C@@H](CN)[C@H](c3ccccc3)C2)n1.Cl. The molecule has 3 aromatic rings. The van der Waals surface area contributed by atoms with Gasteiger partial charge in [0.15, 0.2) is 5.69 Å². The summed E-state index contributed by atoms with van der Waals surface area (Å²) < 4.78 is 7.14. The Morgan fingerprint density at radius 3 is 2.63 bits per heavy atom. The highest BCUT2D eigenvalue weighted by Gasteiger charge is 2.36. The first-order valence-electron chi connectivity index (χ1n) is 9.85. The maximum Gasteiger partial charge on any atom is 0.274 e. The maximum absolute atomic E-state index is 13.1. The molecule has 2 atom stereocenters. The minimum Gasteiger partial charge on any atom is -0.494 e. The van der Waals surface area contributed by atoms with Crippen molar-refractivity contribution >= 4 is 18.3 Å². The number of ether oxygens (including phenoxy) is 1. The molecule has 1 aliphatic rings. The number of methoxy groups -OCH3 is 1. The number of amides is 1. The third-order valence-corrected chi connectivity index (χ3v) is 5.65. The van der Waals surface area contributed by atoms with Crippen LogP contribution in [-0.2, 0) is 0 Å². The molecule has 4 rings (SSSR count). The van der Waals surface area contributed by atoms with Crippen LogP contribution in [0.1, 0.15) is 27.5 Å². The first-order valence-corrected chi connectivity index (χ1v) is 9.85. The van der Waals surface area contributed by atoms with Crippen LogP contribution in [0.5, 0.6) is 5.75 Å². The molecule has 6 nitrogen and oxygen atoms in total. The smallest absolute Gasteiger partial charge is 0.274 e. The molecule has 30 heavy (non-hydrogen) atoms. The highest BCUT2D eigenvalue weighted by molar-refractivity contribution is 5.92. The molecule has 2 heterocycles. The van der Waals surface area contributed by atoms with Crippen LogP contribution in [0, 0.1) is 12.8 Å². The zero-order chi connectivity index (χ0) is 20.4. The zero-order valence-electron chi connectivity index (χ0n) is 17.2. The quantitative estimate of drug-likeness (QED) is 0.678. The van der Waals surface area contributed by atoms with Gasteiger partial charge in [0.1, 0.15) is 11.4 Å². The van der Waals surface area contributed by atoms with E-state index in [1.165, 1.54) is 5.56 Å². The number of aryl methyl sites for hydroxylation is 1. The number of likely N-dealkylation sites (tertiary alicyclic amines) is 1. The molecular weight excluding hydrogens is 400 g/mol. The van der Waals surface area contributed by atoms with E-state index in [2.05, 4.69) is 17.2 Å². The Balaban J connectivity index is 0.00000256. The Morgan fingerprint density at radius 2 is 1.93 bits per heavy atom. The molecule has 7 heteroatoms. The van der Waals surface area contributed by atoms with Gasteiger partial charge in [-0.1, -0.05) is 36.4 Å². The third kappa shape index (κ3) is 4.20. The van der Waals surface area contributed by atoms with Gasteiger partial charge in [-0.05, 0) is 48.7 Å². The number of halogens is 1. The van der Waals surface area contributed by atoms with Crippen LogP contribution >= 0.6 is 12.4 Å². The number of nitrogens with two attached hydrogens (primary N) is 1. The van der Waals surface area contributed by atoms with E-state index >= 15 is 0 Å². The van der Waals surface area contributed by atoms with E-state index in [1.807, 2.05) is 48.2 Å².